The normalized spacial score (nSPS) is 16.3. The molecule has 0 bridgehead atoms. The minimum Gasteiger partial charge on any atom is -0.497 e. The molecule has 0 aliphatic carbocycles. The number of carboxylic acids is 2. The molecule has 9 heteroatoms. The van der Waals surface area contributed by atoms with Crippen molar-refractivity contribution in [2.45, 2.75) is 25.6 Å². The second-order valence-corrected chi connectivity index (χ2v) is 8.97. The maximum absolute atomic E-state index is 12.4. The van der Waals surface area contributed by atoms with Crippen molar-refractivity contribution in [2.75, 3.05) is 33.3 Å². The number of aryl methyl sites for hydroxylation is 1. The zero-order valence-corrected chi connectivity index (χ0v) is 18.8. The van der Waals surface area contributed by atoms with Gasteiger partial charge >= 0.3 is 11.9 Å². The van der Waals surface area contributed by atoms with Crippen molar-refractivity contribution in [1.29, 1.82) is 0 Å². The quantitative estimate of drug-likeness (QED) is 0.510. The van der Waals surface area contributed by atoms with Crippen LogP contribution in [0.15, 0.2) is 41.9 Å². The fourth-order valence-corrected chi connectivity index (χ4v) is 5.08. The van der Waals surface area contributed by atoms with Gasteiger partial charge in [-0.05, 0) is 29.6 Å². The molecule has 170 valence electrons. The van der Waals surface area contributed by atoms with E-state index in [1.54, 1.807) is 24.6 Å². The fourth-order valence-electron chi connectivity index (χ4n) is 4.34. The number of aromatic nitrogens is 1. The average Bonchev–Trinajstić information content (AvgIpc) is 3.41. The predicted molar refractivity (Wildman–Crippen MR) is 122 cm³/mol. The summed E-state index contributed by atoms with van der Waals surface area (Å²) in [5.74, 6) is -1.16. The van der Waals surface area contributed by atoms with Gasteiger partial charge in [0.15, 0.2) is 0 Å². The fraction of sp³-hybridized carbons (Fsp3) is 0.391. The topological polar surface area (TPSA) is 95.2 Å². The van der Waals surface area contributed by atoms with Gasteiger partial charge in [-0.2, -0.15) is 0 Å². The Morgan fingerprint density at radius 2 is 1.94 bits per heavy atom. The lowest BCUT2D eigenvalue weighted by atomic mass is 10.0. The molecule has 0 spiro atoms. The SMILES string of the molecule is COc1ccc2c(c1)c(C(C(=O)O)N1CCN(Cc3cccs3)CC1)cn2CCC(=O)O. The molecule has 1 unspecified atom stereocenters. The summed E-state index contributed by atoms with van der Waals surface area (Å²) in [4.78, 5) is 29.2. The first-order chi connectivity index (χ1) is 15.5. The molecule has 2 N–H and O–H groups in total. The van der Waals surface area contributed by atoms with E-state index in [-0.39, 0.29) is 13.0 Å². The van der Waals surface area contributed by atoms with Crippen LogP contribution in [-0.2, 0) is 22.7 Å². The maximum atomic E-state index is 12.4. The molecule has 1 atom stereocenters. The second kappa shape index (κ2) is 9.72. The van der Waals surface area contributed by atoms with Crippen molar-refractivity contribution in [2.24, 2.45) is 0 Å². The molecule has 0 amide bonds. The lowest BCUT2D eigenvalue weighted by Crippen LogP contribution is -2.48. The summed E-state index contributed by atoms with van der Waals surface area (Å²) in [6.07, 6.45) is 1.76. The first kappa shape index (κ1) is 22.3. The van der Waals surface area contributed by atoms with Crippen molar-refractivity contribution >= 4 is 34.2 Å². The molecule has 8 nitrogen and oxygen atoms in total. The lowest BCUT2D eigenvalue weighted by Gasteiger charge is -2.37. The monoisotopic (exact) mass is 457 g/mol. The molecule has 1 fully saturated rings. The number of hydrogen-bond donors (Lipinski definition) is 2. The van der Waals surface area contributed by atoms with Crippen LogP contribution in [-0.4, -0.2) is 69.8 Å². The van der Waals surface area contributed by atoms with Crippen molar-refractivity contribution in [3.8, 4) is 5.75 Å². The minimum atomic E-state index is -0.906. The van der Waals surface area contributed by atoms with Gasteiger partial charge in [0.25, 0.3) is 0 Å². The van der Waals surface area contributed by atoms with Crippen LogP contribution in [0.4, 0.5) is 0 Å². The van der Waals surface area contributed by atoms with Crippen molar-refractivity contribution < 1.29 is 24.5 Å². The van der Waals surface area contributed by atoms with Crippen molar-refractivity contribution in [3.63, 3.8) is 0 Å². The Labute approximate surface area is 190 Å². The maximum Gasteiger partial charge on any atom is 0.325 e. The number of aliphatic carboxylic acids is 2. The number of piperazine rings is 1. The average molecular weight is 458 g/mol. The molecular weight excluding hydrogens is 430 g/mol. The number of fused-ring (bicyclic) bond motifs is 1. The van der Waals surface area contributed by atoms with E-state index in [4.69, 9.17) is 9.84 Å². The standard InChI is InChI=1S/C23H27N3O5S/c1-31-16-4-5-20-18(13-16)19(15-26(20)7-6-21(27)28)22(23(29)30)25-10-8-24(9-11-25)14-17-3-2-12-32-17/h2-5,12-13,15,22H,6-11,14H2,1H3,(H,27,28)(H,29,30). The third kappa shape index (κ3) is 4.79. The van der Waals surface area contributed by atoms with Crippen LogP contribution < -0.4 is 4.74 Å². The summed E-state index contributed by atoms with van der Waals surface area (Å²) in [5, 5.41) is 22.1. The zero-order valence-electron chi connectivity index (χ0n) is 17.9. The van der Waals surface area contributed by atoms with Gasteiger partial charge in [-0.15, -0.1) is 11.3 Å². The first-order valence-electron chi connectivity index (χ1n) is 10.6. The molecule has 2 aromatic heterocycles. The van der Waals surface area contributed by atoms with Gasteiger partial charge in [0.1, 0.15) is 11.8 Å². The molecule has 1 aliphatic rings. The van der Waals surface area contributed by atoms with E-state index < -0.39 is 18.0 Å². The van der Waals surface area contributed by atoms with Crippen molar-refractivity contribution in [3.05, 3.63) is 52.3 Å². The van der Waals surface area contributed by atoms with Gasteiger partial charge < -0.3 is 19.5 Å². The molecule has 4 rings (SSSR count). The number of ether oxygens (including phenoxy) is 1. The molecule has 1 aromatic carbocycles. The number of carboxylic acid groups (broad SMARTS) is 2. The Bertz CT molecular complexity index is 1090. The summed E-state index contributed by atoms with van der Waals surface area (Å²) < 4.78 is 7.20. The van der Waals surface area contributed by atoms with Gasteiger partial charge in [0.05, 0.1) is 13.5 Å². The highest BCUT2D eigenvalue weighted by Gasteiger charge is 2.33. The van der Waals surface area contributed by atoms with Crippen LogP contribution in [0.1, 0.15) is 22.9 Å². The molecule has 1 saturated heterocycles. The lowest BCUT2D eigenvalue weighted by molar-refractivity contribution is -0.144. The smallest absolute Gasteiger partial charge is 0.325 e. The highest BCUT2D eigenvalue weighted by atomic mass is 32.1. The third-order valence-corrected chi connectivity index (χ3v) is 6.81. The summed E-state index contributed by atoms with van der Waals surface area (Å²) in [6, 6.07) is 8.87. The summed E-state index contributed by atoms with van der Waals surface area (Å²) in [5.41, 5.74) is 1.48. The van der Waals surface area contributed by atoms with Gasteiger partial charge in [0, 0.05) is 66.8 Å². The van der Waals surface area contributed by atoms with E-state index in [1.807, 2.05) is 33.7 Å². The highest BCUT2D eigenvalue weighted by Crippen LogP contribution is 2.34. The van der Waals surface area contributed by atoms with Gasteiger partial charge in [0.2, 0.25) is 0 Å². The molecule has 0 radical (unpaired) electrons. The number of rotatable bonds is 9. The zero-order chi connectivity index (χ0) is 22.7. The van der Waals surface area contributed by atoms with E-state index in [2.05, 4.69) is 16.3 Å². The number of carbonyl (C=O) groups is 2. The van der Waals surface area contributed by atoms with Crippen LogP contribution in [0.5, 0.6) is 5.75 Å². The molecular formula is C23H27N3O5S. The highest BCUT2D eigenvalue weighted by molar-refractivity contribution is 7.09. The molecule has 3 aromatic rings. The van der Waals surface area contributed by atoms with Crippen molar-refractivity contribution in [1.82, 2.24) is 14.4 Å². The summed E-state index contributed by atoms with van der Waals surface area (Å²) in [6.45, 7) is 4.04. The van der Waals surface area contributed by atoms with E-state index in [1.165, 1.54) is 4.88 Å². The Morgan fingerprint density at radius 3 is 2.56 bits per heavy atom. The number of methoxy groups -OCH3 is 1. The largest absolute Gasteiger partial charge is 0.497 e. The number of thiophene rings is 1. The Morgan fingerprint density at radius 1 is 1.16 bits per heavy atom. The Balaban J connectivity index is 1.60. The third-order valence-electron chi connectivity index (χ3n) is 5.95. The van der Waals surface area contributed by atoms with Crippen LogP contribution >= 0.6 is 11.3 Å². The number of hydrogen-bond acceptors (Lipinski definition) is 6. The summed E-state index contributed by atoms with van der Waals surface area (Å²) >= 11 is 1.73. The van der Waals surface area contributed by atoms with E-state index in [0.717, 1.165) is 30.5 Å². The van der Waals surface area contributed by atoms with Crippen LogP contribution in [0.25, 0.3) is 10.9 Å². The summed E-state index contributed by atoms with van der Waals surface area (Å²) in [7, 11) is 1.57. The van der Waals surface area contributed by atoms with E-state index in [9.17, 15) is 14.7 Å². The van der Waals surface area contributed by atoms with E-state index >= 15 is 0 Å². The van der Waals surface area contributed by atoms with E-state index in [0.29, 0.717) is 24.4 Å². The van der Waals surface area contributed by atoms with Crippen LogP contribution in [0.3, 0.4) is 0 Å². The van der Waals surface area contributed by atoms with Gasteiger partial charge in [-0.1, -0.05) is 6.07 Å². The molecule has 3 heterocycles. The Hall–Kier alpha value is -2.88. The predicted octanol–water partition coefficient (Wildman–Crippen LogP) is 3.13. The van der Waals surface area contributed by atoms with Crippen LogP contribution in [0.2, 0.25) is 0 Å². The first-order valence-corrected chi connectivity index (χ1v) is 11.4. The second-order valence-electron chi connectivity index (χ2n) is 7.94. The van der Waals surface area contributed by atoms with Gasteiger partial charge in [-0.3, -0.25) is 19.4 Å². The van der Waals surface area contributed by atoms with Crippen LogP contribution in [0, 0.1) is 0 Å². The molecule has 1 aliphatic heterocycles. The minimum absolute atomic E-state index is 0.0334. The number of benzene rings is 1. The molecule has 32 heavy (non-hydrogen) atoms. The molecule has 0 saturated carbocycles. The number of nitrogens with zero attached hydrogens (tertiary/aromatic N) is 3. The Kier molecular flexibility index (Phi) is 6.78. The van der Waals surface area contributed by atoms with Gasteiger partial charge in [-0.25, -0.2) is 0 Å².